The van der Waals surface area contributed by atoms with Gasteiger partial charge in [-0.2, -0.15) is 13.2 Å². The van der Waals surface area contributed by atoms with E-state index in [9.17, 15) is 26.4 Å². The largest absolute Gasteiger partial charge is 0.420 e. The maximum atomic E-state index is 13.8. The van der Waals surface area contributed by atoms with Crippen LogP contribution in [-0.2, 0) is 23.1 Å². The monoisotopic (exact) mass is 557 g/mol. The predicted molar refractivity (Wildman–Crippen MR) is 126 cm³/mol. The van der Waals surface area contributed by atoms with Crippen molar-refractivity contribution in [3.8, 4) is 10.6 Å². The van der Waals surface area contributed by atoms with Crippen molar-refractivity contribution in [3.63, 3.8) is 0 Å². The summed E-state index contributed by atoms with van der Waals surface area (Å²) in [5, 5.41) is 10.9. The number of halogens is 4. The lowest BCUT2D eigenvalue weighted by atomic mass is 10.2. The Hall–Kier alpha value is -3.30. The zero-order chi connectivity index (χ0) is 26.0. The van der Waals surface area contributed by atoms with E-state index in [-0.39, 0.29) is 43.6 Å². The first-order valence-electron chi connectivity index (χ1n) is 10.2. The number of aryl methyl sites for hydroxylation is 1. The number of amides is 1. The molecule has 36 heavy (non-hydrogen) atoms. The summed E-state index contributed by atoms with van der Waals surface area (Å²) in [5.74, 6) is -1.16. The highest BCUT2D eigenvalue weighted by molar-refractivity contribution is 7.91. The molecule has 0 fully saturated rings. The molecule has 0 saturated carbocycles. The average Bonchev–Trinajstić information content (AvgIpc) is 3.39. The van der Waals surface area contributed by atoms with Crippen LogP contribution in [0.15, 0.2) is 29.3 Å². The molecular weight excluding hydrogens is 543 g/mol. The molecule has 0 atom stereocenters. The van der Waals surface area contributed by atoms with Crippen LogP contribution < -0.4 is 5.32 Å². The standard InChI is InChI=1S/C20H15ClF3N7O3S2/c1-30-3-4-36(33,34)15-7-14(35-17(15)18(30)32)16-9(20(22,23)24)8-25-19(27-16)26-11-6-12-13(5-10(11)21)31(2)29-28-12/h5-8H,3-4H2,1-2H3,(H,25,26,27). The second kappa shape index (κ2) is 8.38. The second-order valence-electron chi connectivity index (χ2n) is 7.96. The molecule has 10 nitrogen and oxygen atoms in total. The van der Waals surface area contributed by atoms with E-state index in [0.29, 0.717) is 28.6 Å². The molecule has 1 aliphatic rings. The number of hydrogen-bond acceptors (Lipinski definition) is 9. The first kappa shape index (κ1) is 24.4. The summed E-state index contributed by atoms with van der Waals surface area (Å²) in [6, 6.07) is 4.18. The van der Waals surface area contributed by atoms with Gasteiger partial charge < -0.3 is 10.2 Å². The third-order valence-electron chi connectivity index (χ3n) is 5.54. The average molecular weight is 558 g/mol. The number of benzene rings is 1. The van der Waals surface area contributed by atoms with Crippen molar-refractivity contribution in [1.82, 2.24) is 29.9 Å². The Bertz CT molecular complexity index is 1650. The highest BCUT2D eigenvalue weighted by Gasteiger charge is 2.38. The molecule has 4 aromatic rings. The Morgan fingerprint density at radius 3 is 2.67 bits per heavy atom. The number of carbonyl (C=O) groups excluding carboxylic acids is 1. The summed E-state index contributed by atoms with van der Waals surface area (Å²) in [6.45, 7) is -0.0236. The molecule has 4 heterocycles. The zero-order valence-electron chi connectivity index (χ0n) is 18.5. The fraction of sp³-hybridized carbons (Fsp3) is 0.250. The Kier molecular flexibility index (Phi) is 5.68. The van der Waals surface area contributed by atoms with Crippen molar-refractivity contribution in [1.29, 1.82) is 0 Å². The van der Waals surface area contributed by atoms with Gasteiger partial charge in [0.15, 0.2) is 9.84 Å². The van der Waals surface area contributed by atoms with Gasteiger partial charge in [-0.25, -0.2) is 23.1 Å². The quantitative estimate of drug-likeness (QED) is 0.404. The zero-order valence-corrected chi connectivity index (χ0v) is 20.8. The summed E-state index contributed by atoms with van der Waals surface area (Å²) in [6.07, 6.45) is -4.25. The number of aromatic nitrogens is 5. The highest BCUT2D eigenvalue weighted by Crippen LogP contribution is 2.42. The van der Waals surface area contributed by atoms with Gasteiger partial charge in [-0.1, -0.05) is 16.8 Å². The van der Waals surface area contributed by atoms with Crippen LogP contribution >= 0.6 is 22.9 Å². The van der Waals surface area contributed by atoms with Gasteiger partial charge in [0, 0.05) is 26.8 Å². The smallest absolute Gasteiger partial charge is 0.340 e. The van der Waals surface area contributed by atoms with E-state index in [1.165, 1.54) is 16.6 Å². The molecule has 5 rings (SSSR count). The van der Waals surface area contributed by atoms with E-state index in [0.717, 1.165) is 6.07 Å². The van der Waals surface area contributed by atoms with Crippen molar-refractivity contribution in [2.45, 2.75) is 11.1 Å². The van der Waals surface area contributed by atoms with Gasteiger partial charge >= 0.3 is 6.18 Å². The number of rotatable bonds is 3. The van der Waals surface area contributed by atoms with Crippen LogP contribution in [0, 0.1) is 0 Å². The number of sulfone groups is 1. The Morgan fingerprint density at radius 2 is 1.94 bits per heavy atom. The SMILES string of the molecule is CN1CCS(=O)(=O)c2cc(-c3nc(Nc4cc5nnn(C)c5cc4Cl)ncc3C(F)(F)F)sc2C1=O. The van der Waals surface area contributed by atoms with Crippen LogP contribution in [0.25, 0.3) is 21.6 Å². The number of anilines is 2. The minimum absolute atomic E-state index is 0.0236. The Balaban J connectivity index is 1.63. The van der Waals surface area contributed by atoms with Crippen molar-refractivity contribution in [2.24, 2.45) is 7.05 Å². The number of nitrogens with one attached hydrogen (secondary N) is 1. The van der Waals surface area contributed by atoms with Crippen LogP contribution in [0.1, 0.15) is 15.2 Å². The summed E-state index contributed by atoms with van der Waals surface area (Å²) < 4.78 is 68.4. The first-order valence-corrected chi connectivity index (χ1v) is 13.0. The topological polar surface area (TPSA) is 123 Å². The van der Waals surface area contributed by atoms with E-state index in [1.807, 2.05) is 0 Å². The number of nitrogens with zero attached hydrogens (tertiary/aromatic N) is 6. The van der Waals surface area contributed by atoms with Gasteiger partial charge in [0.05, 0.1) is 37.4 Å². The highest BCUT2D eigenvalue weighted by atomic mass is 35.5. The molecule has 0 aliphatic carbocycles. The fourth-order valence-electron chi connectivity index (χ4n) is 3.62. The molecule has 1 aromatic carbocycles. The third kappa shape index (κ3) is 4.16. The minimum atomic E-state index is -4.84. The van der Waals surface area contributed by atoms with Crippen molar-refractivity contribution < 1.29 is 26.4 Å². The molecule has 1 N–H and O–H groups in total. The summed E-state index contributed by atoms with van der Waals surface area (Å²) in [7, 11) is -0.783. The van der Waals surface area contributed by atoms with Gasteiger partial charge in [-0.15, -0.1) is 16.4 Å². The lowest BCUT2D eigenvalue weighted by Gasteiger charge is -2.14. The Labute approximate surface area is 210 Å². The molecule has 16 heteroatoms. The van der Waals surface area contributed by atoms with E-state index in [1.54, 1.807) is 19.2 Å². The second-order valence-corrected chi connectivity index (χ2v) is 11.5. The van der Waals surface area contributed by atoms with Crippen LogP contribution in [0.2, 0.25) is 5.02 Å². The lowest BCUT2D eigenvalue weighted by molar-refractivity contribution is -0.137. The molecule has 1 amide bonds. The van der Waals surface area contributed by atoms with Crippen molar-refractivity contribution in [2.75, 3.05) is 24.7 Å². The summed E-state index contributed by atoms with van der Waals surface area (Å²) >= 11 is 6.95. The van der Waals surface area contributed by atoms with Gasteiger partial charge in [0.1, 0.15) is 16.0 Å². The third-order valence-corrected chi connectivity index (χ3v) is 8.83. The first-order chi connectivity index (χ1) is 16.8. The summed E-state index contributed by atoms with van der Waals surface area (Å²) in [5.41, 5.74) is -0.364. The minimum Gasteiger partial charge on any atom is -0.340 e. The maximum Gasteiger partial charge on any atom is 0.420 e. The molecule has 0 unspecified atom stereocenters. The molecule has 0 spiro atoms. The van der Waals surface area contributed by atoms with Crippen molar-refractivity contribution in [3.05, 3.63) is 39.9 Å². The van der Waals surface area contributed by atoms with E-state index < -0.39 is 33.2 Å². The molecule has 0 saturated heterocycles. The molecule has 188 valence electrons. The van der Waals surface area contributed by atoms with E-state index in [2.05, 4.69) is 25.6 Å². The van der Waals surface area contributed by atoms with Gasteiger partial charge in [0.25, 0.3) is 5.91 Å². The number of alkyl halides is 3. The van der Waals surface area contributed by atoms with Crippen LogP contribution in [0.4, 0.5) is 24.8 Å². The number of fused-ring (bicyclic) bond motifs is 2. The molecule has 3 aromatic heterocycles. The van der Waals surface area contributed by atoms with Gasteiger partial charge in [0.2, 0.25) is 5.95 Å². The van der Waals surface area contributed by atoms with Crippen LogP contribution in [0.5, 0.6) is 0 Å². The maximum absolute atomic E-state index is 13.8. The molecular formula is C20H15ClF3N7O3S2. The van der Waals surface area contributed by atoms with Gasteiger partial charge in [-0.05, 0) is 18.2 Å². The Morgan fingerprint density at radius 1 is 1.19 bits per heavy atom. The summed E-state index contributed by atoms with van der Waals surface area (Å²) in [4.78, 5) is 21.1. The molecule has 1 aliphatic heterocycles. The van der Waals surface area contributed by atoms with Crippen molar-refractivity contribution >= 4 is 61.4 Å². The number of hydrogen-bond donors (Lipinski definition) is 1. The molecule has 0 radical (unpaired) electrons. The lowest BCUT2D eigenvalue weighted by Crippen LogP contribution is -2.27. The van der Waals surface area contributed by atoms with Crippen LogP contribution in [0.3, 0.4) is 0 Å². The van der Waals surface area contributed by atoms with Crippen LogP contribution in [-0.4, -0.2) is 63.5 Å². The van der Waals surface area contributed by atoms with E-state index >= 15 is 0 Å². The number of carbonyl (C=O) groups is 1. The fourth-order valence-corrected chi connectivity index (χ4v) is 6.86. The normalized spacial score (nSPS) is 15.7. The van der Waals surface area contributed by atoms with E-state index in [4.69, 9.17) is 11.6 Å². The molecule has 0 bridgehead atoms. The van der Waals surface area contributed by atoms with Gasteiger partial charge in [-0.3, -0.25) is 4.79 Å². The predicted octanol–water partition coefficient (Wildman–Crippen LogP) is 3.76. The number of thiophene rings is 1.